The van der Waals surface area contributed by atoms with E-state index in [0.29, 0.717) is 46.9 Å². The Kier molecular flexibility index (Phi) is 6.62. The van der Waals surface area contributed by atoms with Crippen LogP contribution in [0.4, 0.5) is 17.6 Å². The monoisotopic (exact) mass is 499 g/mol. The quantitative estimate of drug-likeness (QED) is 0.313. The minimum atomic E-state index is -1.53. The second-order valence-corrected chi connectivity index (χ2v) is 9.17. The van der Waals surface area contributed by atoms with E-state index in [0.717, 1.165) is 25.2 Å². The van der Waals surface area contributed by atoms with Gasteiger partial charge in [0.15, 0.2) is 17.5 Å². The van der Waals surface area contributed by atoms with Gasteiger partial charge in [0.2, 0.25) is 0 Å². The summed E-state index contributed by atoms with van der Waals surface area (Å²) >= 11 is 0. The zero-order chi connectivity index (χ0) is 25.4. The Morgan fingerprint density at radius 1 is 1.00 bits per heavy atom. The van der Waals surface area contributed by atoms with Gasteiger partial charge in [-0.2, -0.15) is 0 Å². The van der Waals surface area contributed by atoms with Crippen molar-refractivity contribution in [3.63, 3.8) is 0 Å². The smallest absolute Gasteiger partial charge is 0.194 e. The first-order valence-corrected chi connectivity index (χ1v) is 11.7. The lowest BCUT2D eigenvalue weighted by molar-refractivity contribution is 0.0668. The van der Waals surface area contributed by atoms with Crippen LogP contribution in [0.3, 0.4) is 0 Å². The van der Waals surface area contributed by atoms with Crippen molar-refractivity contribution in [2.75, 3.05) is 32.9 Å². The van der Waals surface area contributed by atoms with Crippen LogP contribution in [0.1, 0.15) is 29.7 Å². The molecule has 3 aromatic rings. The van der Waals surface area contributed by atoms with Gasteiger partial charge in [0.1, 0.15) is 30.0 Å². The molecule has 4 nitrogen and oxygen atoms in total. The summed E-state index contributed by atoms with van der Waals surface area (Å²) in [5.74, 6) is -2.90. The van der Waals surface area contributed by atoms with E-state index in [9.17, 15) is 22.7 Å². The Labute approximate surface area is 206 Å². The third-order valence-electron chi connectivity index (χ3n) is 6.69. The number of fused-ring (bicyclic) bond motifs is 1. The normalized spacial score (nSPS) is 18.0. The number of rotatable bonds is 7. The first-order valence-electron chi connectivity index (χ1n) is 11.7. The molecule has 1 saturated heterocycles. The predicted octanol–water partition coefficient (Wildman–Crippen LogP) is 6.15. The number of allylic oxidation sites excluding steroid dienone is 1. The maximum atomic E-state index is 14.2. The molecule has 0 unspecified atom stereocenters. The Bertz CT molecular complexity index is 1280. The number of hydrogen-bond donors (Lipinski definition) is 1. The van der Waals surface area contributed by atoms with Crippen molar-refractivity contribution in [1.82, 2.24) is 4.90 Å². The first kappa shape index (κ1) is 24.2. The summed E-state index contributed by atoms with van der Waals surface area (Å²) in [6.45, 7) is 4.16. The number of alkyl halides is 1. The van der Waals surface area contributed by atoms with Crippen molar-refractivity contribution < 1.29 is 32.1 Å². The van der Waals surface area contributed by atoms with Crippen molar-refractivity contribution in [2.45, 2.75) is 13.0 Å². The molecule has 0 saturated carbocycles. The van der Waals surface area contributed by atoms with E-state index in [1.807, 2.05) is 0 Å². The molecule has 8 heteroatoms. The van der Waals surface area contributed by atoms with E-state index in [1.54, 1.807) is 37.3 Å². The molecule has 0 amide bonds. The van der Waals surface area contributed by atoms with E-state index < -0.39 is 23.6 Å². The van der Waals surface area contributed by atoms with Crippen LogP contribution >= 0.6 is 0 Å². The maximum absolute atomic E-state index is 14.2. The molecule has 1 N–H and O–H groups in total. The van der Waals surface area contributed by atoms with Gasteiger partial charge >= 0.3 is 0 Å². The van der Waals surface area contributed by atoms with Crippen LogP contribution in [-0.2, 0) is 0 Å². The summed E-state index contributed by atoms with van der Waals surface area (Å²) in [4.78, 5) is 2.13. The van der Waals surface area contributed by atoms with Crippen LogP contribution in [0.15, 0.2) is 54.6 Å². The van der Waals surface area contributed by atoms with Gasteiger partial charge in [-0.1, -0.05) is 12.1 Å². The number of hydrogen-bond acceptors (Lipinski definition) is 4. The van der Waals surface area contributed by atoms with Crippen LogP contribution in [0.25, 0.3) is 11.1 Å². The number of phenols is 1. The molecule has 1 fully saturated rings. The summed E-state index contributed by atoms with van der Waals surface area (Å²) in [6, 6.07) is 13.7. The van der Waals surface area contributed by atoms with Crippen molar-refractivity contribution in [2.24, 2.45) is 5.92 Å². The molecule has 0 spiro atoms. The van der Waals surface area contributed by atoms with Gasteiger partial charge in [0.05, 0.1) is 6.67 Å². The number of phenolic OH excluding ortho intramolecular Hbond substituents is 1. The topological polar surface area (TPSA) is 41.9 Å². The van der Waals surface area contributed by atoms with E-state index in [1.165, 1.54) is 12.1 Å². The number of halogens is 4. The Hall–Kier alpha value is -3.52. The number of benzene rings is 3. The molecular weight excluding hydrogens is 474 g/mol. The molecule has 188 valence electrons. The second kappa shape index (κ2) is 9.85. The lowest BCUT2D eigenvalue weighted by atomic mass is 9.86. The lowest BCUT2D eigenvalue weighted by Gasteiger charge is -2.37. The third-order valence-corrected chi connectivity index (χ3v) is 6.69. The van der Waals surface area contributed by atoms with Crippen LogP contribution in [0, 0.1) is 23.4 Å². The summed E-state index contributed by atoms with van der Waals surface area (Å²) in [6.07, 6.45) is -0.767. The van der Waals surface area contributed by atoms with Gasteiger partial charge in [-0.25, -0.2) is 13.2 Å². The van der Waals surface area contributed by atoms with E-state index in [2.05, 4.69) is 4.90 Å². The second-order valence-electron chi connectivity index (χ2n) is 9.17. The van der Waals surface area contributed by atoms with E-state index >= 15 is 0 Å². The molecule has 2 aliphatic heterocycles. The fraction of sp³-hybridized carbons (Fsp3) is 0.286. The van der Waals surface area contributed by atoms with Crippen molar-refractivity contribution in [1.29, 1.82) is 0 Å². The maximum Gasteiger partial charge on any atom is 0.194 e. The SMILES string of the molecule is CC1=C(c2cc(F)c(F)c(F)c2)[C@H](c2ccc(OCCN3CC(CF)C3)cc2)Oc2cc(O)ccc21. The van der Waals surface area contributed by atoms with Crippen LogP contribution in [0.5, 0.6) is 17.2 Å². The Balaban J connectivity index is 1.42. The molecule has 36 heavy (non-hydrogen) atoms. The zero-order valence-corrected chi connectivity index (χ0v) is 19.6. The summed E-state index contributed by atoms with van der Waals surface area (Å²) in [5.41, 5.74) is 2.68. The molecular formula is C28H25F4NO3. The molecule has 5 rings (SSSR count). The molecule has 0 radical (unpaired) electrons. The average molecular weight is 500 g/mol. The van der Waals surface area contributed by atoms with Gasteiger partial charge in [-0.15, -0.1) is 0 Å². The van der Waals surface area contributed by atoms with Crippen LogP contribution in [-0.4, -0.2) is 42.9 Å². The highest BCUT2D eigenvalue weighted by molar-refractivity contribution is 5.95. The number of likely N-dealkylation sites (tertiary alicyclic amines) is 1. The molecule has 2 heterocycles. The molecule has 0 aliphatic carbocycles. The minimum absolute atomic E-state index is 0.0198. The number of nitrogens with zero attached hydrogens (tertiary/aromatic N) is 1. The highest BCUT2D eigenvalue weighted by Gasteiger charge is 2.31. The summed E-state index contributed by atoms with van der Waals surface area (Å²) in [5, 5.41) is 9.95. The molecule has 1 atom stereocenters. The Morgan fingerprint density at radius 2 is 1.69 bits per heavy atom. The largest absolute Gasteiger partial charge is 0.508 e. The van der Waals surface area contributed by atoms with E-state index in [4.69, 9.17) is 9.47 Å². The van der Waals surface area contributed by atoms with Crippen LogP contribution < -0.4 is 9.47 Å². The highest BCUT2D eigenvalue weighted by atomic mass is 19.2. The van der Waals surface area contributed by atoms with Gasteiger partial charge in [-0.3, -0.25) is 9.29 Å². The van der Waals surface area contributed by atoms with Crippen LogP contribution in [0.2, 0.25) is 0 Å². The minimum Gasteiger partial charge on any atom is -0.508 e. The zero-order valence-electron chi connectivity index (χ0n) is 19.6. The number of ether oxygens (including phenoxy) is 2. The molecule has 0 aromatic heterocycles. The standard InChI is InChI=1S/C28H25F4NO3/c1-16-22-7-4-20(34)12-25(22)36-28(26(16)19-10-23(30)27(32)24(31)11-19)18-2-5-21(6-3-18)35-9-8-33-14-17(13-29)15-33/h2-7,10-12,17,28,34H,8-9,13-15H2,1H3/t28-/m0/s1. The van der Waals surface area contributed by atoms with Gasteiger partial charge in [0.25, 0.3) is 0 Å². The highest BCUT2D eigenvalue weighted by Crippen LogP contribution is 2.47. The Morgan fingerprint density at radius 3 is 2.36 bits per heavy atom. The summed E-state index contributed by atoms with van der Waals surface area (Å²) in [7, 11) is 0. The van der Waals surface area contributed by atoms with Crippen molar-refractivity contribution in [3.8, 4) is 17.2 Å². The molecule has 0 bridgehead atoms. The van der Waals surface area contributed by atoms with Crippen molar-refractivity contribution in [3.05, 3.63) is 88.7 Å². The van der Waals surface area contributed by atoms with Gasteiger partial charge < -0.3 is 14.6 Å². The fourth-order valence-electron chi connectivity index (χ4n) is 4.75. The number of aromatic hydroxyl groups is 1. The van der Waals surface area contributed by atoms with Gasteiger partial charge in [-0.05, 0) is 60.0 Å². The van der Waals surface area contributed by atoms with E-state index in [-0.39, 0.29) is 23.9 Å². The predicted molar refractivity (Wildman–Crippen MR) is 128 cm³/mol. The van der Waals surface area contributed by atoms with Gasteiger partial charge in [0, 0.05) is 42.8 Å². The third kappa shape index (κ3) is 4.65. The van der Waals surface area contributed by atoms with Crippen molar-refractivity contribution >= 4 is 11.1 Å². The first-order chi connectivity index (χ1) is 17.3. The molecule has 2 aliphatic rings. The lowest BCUT2D eigenvalue weighted by Crippen LogP contribution is -2.49. The summed E-state index contributed by atoms with van der Waals surface area (Å²) < 4.78 is 66.6. The fourth-order valence-corrected chi connectivity index (χ4v) is 4.75. The average Bonchev–Trinajstić information content (AvgIpc) is 2.83. The molecule has 3 aromatic carbocycles.